The molecule has 4 rings (SSSR count). The number of rotatable bonds is 4. The maximum absolute atomic E-state index is 5.58. The molecule has 148 valence electrons. The zero-order valence-corrected chi connectivity index (χ0v) is 18.6. The molecule has 7 nitrogen and oxygen atoms in total. The van der Waals surface area contributed by atoms with Crippen LogP contribution in [0.2, 0.25) is 0 Å². The molecule has 9 heteroatoms. The number of nitrogens with zero attached hydrogens (tertiary/aromatic N) is 4. The Bertz CT molecular complexity index is 730. The van der Waals surface area contributed by atoms with Crippen molar-refractivity contribution in [1.82, 2.24) is 20.1 Å². The van der Waals surface area contributed by atoms with E-state index in [-0.39, 0.29) is 24.0 Å². The summed E-state index contributed by atoms with van der Waals surface area (Å²) in [5, 5.41) is 5.45. The summed E-state index contributed by atoms with van der Waals surface area (Å²) in [6.45, 7) is 6.43. The van der Waals surface area contributed by atoms with E-state index < -0.39 is 0 Å². The number of guanidine groups is 1. The molecule has 0 spiro atoms. The molecule has 1 N–H and O–H groups in total. The Morgan fingerprint density at radius 2 is 2.22 bits per heavy atom. The highest BCUT2D eigenvalue weighted by molar-refractivity contribution is 14.0. The van der Waals surface area contributed by atoms with Gasteiger partial charge in [0.15, 0.2) is 5.96 Å². The predicted octanol–water partition coefficient (Wildman–Crippen LogP) is 2.50. The lowest BCUT2D eigenvalue weighted by atomic mass is 10.2. The van der Waals surface area contributed by atoms with Crippen LogP contribution < -0.4 is 5.32 Å². The molecule has 27 heavy (non-hydrogen) atoms. The topological polar surface area (TPSA) is 66.1 Å². The van der Waals surface area contributed by atoms with Gasteiger partial charge in [-0.15, -0.1) is 35.3 Å². The number of oxazole rings is 1. The molecular formula is C18H26IN5O2S. The lowest BCUT2D eigenvalue weighted by Crippen LogP contribution is -2.46. The smallest absolute Gasteiger partial charge is 0.236 e. The number of thiophene rings is 1. The minimum absolute atomic E-state index is 0. The normalized spacial score (nSPS) is 21.3. The summed E-state index contributed by atoms with van der Waals surface area (Å²) in [7, 11) is 1.84. The van der Waals surface area contributed by atoms with Gasteiger partial charge in [0, 0.05) is 39.3 Å². The van der Waals surface area contributed by atoms with Crippen molar-refractivity contribution in [1.29, 1.82) is 0 Å². The average molecular weight is 503 g/mol. The Labute approximate surface area is 180 Å². The number of ether oxygens (including phenoxy) is 1. The number of likely N-dealkylation sites (tertiary alicyclic amines) is 1. The van der Waals surface area contributed by atoms with E-state index >= 15 is 0 Å². The lowest BCUT2D eigenvalue weighted by molar-refractivity contribution is 0.0195. The lowest BCUT2D eigenvalue weighted by Gasteiger charge is -2.32. The molecule has 1 unspecified atom stereocenters. The Balaban J connectivity index is 0.00000210. The van der Waals surface area contributed by atoms with Crippen LogP contribution in [0.4, 0.5) is 0 Å². The monoisotopic (exact) mass is 503 g/mol. The summed E-state index contributed by atoms with van der Waals surface area (Å²) in [5.74, 6) is 1.61. The first-order valence-corrected chi connectivity index (χ1v) is 9.97. The van der Waals surface area contributed by atoms with E-state index in [1.807, 2.05) is 24.6 Å². The summed E-state index contributed by atoms with van der Waals surface area (Å²) in [6.07, 6.45) is 2.89. The molecule has 2 aromatic heterocycles. The number of morpholine rings is 1. The van der Waals surface area contributed by atoms with Crippen LogP contribution >= 0.6 is 35.3 Å². The first-order valence-electron chi connectivity index (χ1n) is 9.09. The molecule has 0 amide bonds. The maximum atomic E-state index is 5.58. The average Bonchev–Trinajstić information content (AvgIpc) is 3.44. The van der Waals surface area contributed by atoms with Gasteiger partial charge in [0.05, 0.1) is 30.3 Å². The molecule has 0 saturated carbocycles. The van der Waals surface area contributed by atoms with E-state index in [1.165, 1.54) is 6.42 Å². The molecule has 1 atom stereocenters. The largest absolute Gasteiger partial charge is 0.443 e. The zero-order valence-electron chi connectivity index (χ0n) is 15.5. The van der Waals surface area contributed by atoms with E-state index in [0.29, 0.717) is 18.5 Å². The molecule has 2 aromatic rings. The molecule has 2 fully saturated rings. The third kappa shape index (κ3) is 5.01. The fourth-order valence-electron chi connectivity index (χ4n) is 3.58. The summed E-state index contributed by atoms with van der Waals surface area (Å²) in [6, 6.07) is 4.61. The Morgan fingerprint density at radius 3 is 2.96 bits per heavy atom. The molecule has 4 heterocycles. The van der Waals surface area contributed by atoms with Gasteiger partial charge in [0.25, 0.3) is 0 Å². The number of nitrogens with one attached hydrogen (secondary N) is 1. The van der Waals surface area contributed by atoms with Gasteiger partial charge in [-0.25, -0.2) is 4.98 Å². The van der Waals surface area contributed by atoms with Crippen LogP contribution in [0.5, 0.6) is 0 Å². The van der Waals surface area contributed by atoms with Crippen LogP contribution in [0.3, 0.4) is 0 Å². The number of hydrogen-bond acceptors (Lipinski definition) is 6. The van der Waals surface area contributed by atoms with Gasteiger partial charge >= 0.3 is 0 Å². The van der Waals surface area contributed by atoms with Gasteiger partial charge in [-0.05, 0) is 17.9 Å². The Hall–Kier alpha value is -1.17. The Kier molecular flexibility index (Phi) is 7.50. The molecular weight excluding hydrogens is 477 g/mol. The van der Waals surface area contributed by atoms with Gasteiger partial charge in [-0.3, -0.25) is 9.89 Å². The molecule has 0 bridgehead atoms. The van der Waals surface area contributed by atoms with Crippen molar-refractivity contribution in [3.63, 3.8) is 0 Å². The number of aliphatic imine (C=N–C) groups is 1. The van der Waals surface area contributed by atoms with Crippen LogP contribution in [0.25, 0.3) is 10.8 Å². The zero-order chi connectivity index (χ0) is 17.8. The molecule has 0 aromatic carbocycles. The summed E-state index contributed by atoms with van der Waals surface area (Å²) < 4.78 is 11.0. The Morgan fingerprint density at radius 1 is 1.37 bits per heavy atom. The molecule has 2 aliphatic rings. The highest BCUT2D eigenvalue weighted by Gasteiger charge is 2.30. The second-order valence-corrected chi connectivity index (χ2v) is 7.51. The highest BCUT2D eigenvalue weighted by atomic mass is 127. The predicted molar refractivity (Wildman–Crippen MR) is 118 cm³/mol. The van der Waals surface area contributed by atoms with Crippen molar-refractivity contribution in [2.75, 3.05) is 46.4 Å². The minimum atomic E-state index is 0. The van der Waals surface area contributed by atoms with Gasteiger partial charge in [-0.2, -0.15) is 0 Å². The maximum Gasteiger partial charge on any atom is 0.236 e. The number of hydrogen-bond donors (Lipinski definition) is 1. The third-order valence-corrected chi connectivity index (χ3v) is 5.81. The standard InChI is InChI=1S/C18H25N5O2S.HI/c1-19-18(23-5-4-15(12-23)22-6-8-24-9-7-22)20-11-14-13-25-17(21-14)16-3-2-10-26-16;/h2-3,10,13,15H,4-9,11-12H2,1H3,(H,19,20);1H. The summed E-state index contributed by atoms with van der Waals surface area (Å²) in [4.78, 5) is 14.9. The van der Waals surface area contributed by atoms with Gasteiger partial charge in [-0.1, -0.05) is 6.07 Å². The van der Waals surface area contributed by atoms with Crippen LogP contribution in [0.1, 0.15) is 12.1 Å². The fourth-order valence-corrected chi connectivity index (χ4v) is 4.23. The van der Waals surface area contributed by atoms with E-state index in [9.17, 15) is 0 Å². The minimum Gasteiger partial charge on any atom is -0.443 e. The van der Waals surface area contributed by atoms with Gasteiger partial charge in [0.2, 0.25) is 5.89 Å². The van der Waals surface area contributed by atoms with E-state index in [2.05, 4.69) is 25.1 Å². The van der Waals surface area contributed by atoms with E-state index in [4.69, 9.17) is 9.15 Å². The van der Waals surface area contributed by atoms with Gasteiger partial charge in [0.1, 0.15) is 6.26 Å². The quantitative estimate of drug-likeness (QED) is 0.393. The van der Waals surface area contributed by atoms with Gasteiger partial charge < -0.3 is 19.4 Å². The van der Waals surface area contributed by atoms with Crippen LogP contribution in [-0.4, -0.2) is 73.2 Å². The van der Waals surface area contributed by atoms with Crippen LogP contribution in [-0.2, 0) is 11.3 Å². The van der Waals surface area contributed by atoms with Crippen LogP contribution in [0, 0.1) is 0 Å². The van der Waals surface area contributed by atoms with E-state index in [0.717, 1.165) is 55.9 Å². The molecule has 0 radical (unpaired) electrons. The highest BCUT2D eigenvalue weighted by Crippen LogP contribution is 2.23. The number of aromatic nitrogens is 1. The van der Waals surface area contributed by atoms with Crippen molar-refractivity contribution in [2.24, 2.45) is 4.99 Å². The van der Waals surface area contributed by atoms with Crippen molar-refractivity contribution in [2.45, 2.75) is 19.0 Å². The molecule has 0 aliphatic carbocycles. The van der Waals surface area contributed by atoms with Crippen LogP contribution in [0.15, 0.2) is 33.2 Å². The van der Waals surface area contributed by atoms with E-state index in [1.54, 1.807) is 17.6 Å². The van der Waals surface area contributed by atoms with Crippen molar-refractivity contribution >= 4 is 41.3 Å². The first-order chi connectivity index (χ1) is 12.8. The number of halogens is 1. The fraction of sp³-hybridized carbons (Fsp3) is 0.556. The second kappa shape index (κ2) is 9.85. The van der Waals surface area contributed by atoms with Crippen molar-refractivity contribution in [3.05, 3.63) is 29.5 Å². The van der Waals surface area contributed by atoms with Crippen molar-refractivity contribution < 1.29 is 9.15 Å². The van der Waals surface area contributed by atoms with Crippen molar-refractivity contribution in [3.8, 4) is 10.8 Å². The third-order valence-electron chi connectivity index (χ3n) is 4.95. The summed E-state index contributed by atoms with van der Waals surface area (Å²) >= 11 is 1.63. The summed E-state index contributed by atoms with van der Waals surface area (Å²) in [5.41, 5.74) is 0.887. The molecule has 2 aliphatic heterocycles. The SMILES string of the molecule is CN=C(NCc1coc(-c2cccs2)n1)N1CCC(N2CCOCC2)C1.I. The first kappa shape index (κ1) is 20.6. The molecule has 2 saturated heterocycles. The second-order valence-electron chi connectivity index (χ2n) is 6.56.